The molecular formula is C11H19N3OS. The summed E-state index contributed by atoms with van der Waals surface area (Å²) in [7, 11) is 1.83. The molecule has 0 amide bonds. The van der Waals surface area contributed by atoms with E-state index < -0.39 is 0 Å². The van der Waals surface area contributed by atoms with Crippen molar-refractivity contribution in [3.8, 4) is 5.88 Å². The van der Waals surface area contributed by atoms with Crippen molar-refractivity contribution in [2.75, 3.05) is 18.6 Å². The molecule has 1 heterocycles. The van der Waals surface area contributed by atoms with E-state index in [0.29, 0.717) is 11.0 Å². The molecule has 0 fully saturated rings. The summed E-state index contributed by atoms with van der Waals surface area (Å²) in [5.41, 5.74) is -0.199. The van der Waals surface area contributed by atoms with Gasteiger partial charge in [-0.25, -0.2) is 4.98 Å². The third-order valence-corrected chi connectivity index (χ3v) is 2.90. The SMILES string of the molecule is CCC(C)(C)Oc1cc(NC)nc(SC)n1. The van der Waals surface area contributed by atoms with E-state index in [1.807, 2.05) is 33.2 Å². The Morgan fingerprint density at radius 2 is 2.12 bits per heavy atom. The van der Waals surface area contributed by atoms with Crippen LogP contribution in [0.1, 0.15) is 27.2 Å². The second-order valence-electron chi connectivity index (χ2n) is 4.04. The third kappa shape index (κ3) is 3.56. The molecule has 0 atom stereocenters. The van der Waals surface area contributed by atoms with Crippen molar-refractivity contribution < 1.29 is 4.74 Å². The molecule has 1 aromatic heterocycles. The molecule has 5 heteroatoms. The highest BCUT2D eigenvalue weighted by Gasteiger charge is 2.18. The Bertz CT molecular complexity index is 333. The second-order valence-corrected chi connectivity index (χ2v) is 4.82. The molecule has 0 aliphatic rings. The van der Waals surface area contributed by atoms with E-state index in [9.17, 15) is 0 Å². The predicted octanol–water partition coefficient (Wildman–Crippen LogP) is 2.81. The second kappa shape index (κ2) is 5.39. The summed E-state index contributed by atoms with van der Waals surface area (Å²) >= 11 is 1.50. The molecule has 0 spiro atoms. The van der Waals surface area contributed by atoms with Crippen LogP contribution in [0.25, 0.3) is 0 Å². The van der Waals surface area contributed by atoms with Crippen LogP contribution in [0.2, 0.25) is 0 Å². The zero-order valence-electron chi connectivity index (χ0n) is 10.5. The molecular weight excluding hydrogens is 222 g/mol. The molecule has 1 aromatic rings. The normalized spacial score (nSPS) is 11.3. The first-order chi connectivity index (χ1) is 7.50. The molecule has 0 saturated heterocycles. The van der Waals surface area contributed by atoms with Crippen molar-refractivity contribution in [3.63, 3.8) is 0 Å². The van der Waals surface area contributed by atoms with Gasteiger partial charge < -0.3 is 10.1 Å². The van der Waals surface area contributed by atoms with Gasteiger partial charge in [-0.3, -0.25) is 0 Å². The fourth-order valence-electron chi connectivity index (χ4n) is 1.03. The Kier molecular flexibility index (Phi) is 4.41. The molecule has 0 saturated carbocycles. The Balaban J connectivity index is 2.95. The molecule has 0 aliphatic carbocycles. The minimum atomic E-state index is -0.199. The zero-order valence-corrected chi connectivity index (χ0v) is 11.3. The van der Waals surface area contributed by atoms with Crippen LogP contribution < -0.4 is 10.1 Å². The van der Waals surface area contributed by atoms with Gasteiger partial charge >= 0.3 is 0 Å². The first-order valence-corrected chi connectivity index (χ1v) is 6.53. The fraction of sp³-hybridized carbons (Fsp3) is 0.636. The largest absolute Gasteiger partial charge is 0.471 e. The van der Waals surface area contributed by atoms with Crippen LogP contribution in [0, 0.1) is 0 Å². The van der Waals surface area contributed by atoms with Gasteiger partial charge in [0.1, 0.15) is 11.4 Å². The van der Waals surface area contributed by atoms with Gasteiger partial charge in [0.2, 0.25) is 5.88 Å². The molecule has 0 radical (unpaired) electrons. The Labute approximate surface area is 101 Å². The predicted molar refractivity (Wildman–Crippen MR) is 68.4 cm³/mol. The summed E-state index contributed by atoms with van der Waals surface area (Å²) in [5.74, 6) is 1.40. The molecule has 0 bridgehead atoms. The van der Waals surface area contributed by atoms with Crippen LogP contribution in [-0.4, -0.2) is 28.9 Å². The summed E-state index contributed by atoms with van der Waals surface area (Å²) in [4.78, 5) is 8.61. The maximum absolute atomic E-state index is 5.83. The Morgan fingerprint density at radius 1 is 1.44 bits per heavy atom. The van der Waals surface area contributed by atoms with Crippen LogP contribution in [0.5, 0.6) is 5.88 Å². The number of nitrogens with one attached hydrogen (secondary N) is 1. The summed E-state index contributed by atoms with van der Waals surface area (Å²) in [6.45, 7) is 6.19. The maximum Gasteiger partial charge on any atom is 0.220 e. The number of hydrogen-bond acceptors (Lipinski definition) is 5. The van der Waals surface area contributed by atoms with Crippen molar-refractivity contribution in [3.05, 3.63) is 6.07 Å². The third-order valence-electron chi connectivity index (χ3n) is 2.35. The van der Waals surface area contributed by atoms with Crippen LogP contribution >= 0.6 is 11.8 Å². The van der Waals surface area contributed by atoms with Gasteiger partial charge in [0, 0.05) is 13.1 Å². The van der Waals surface area contributed by atoms with Gasteiger partial charge in [-0.2, -0.15) is 4.98 Å². The van der Waals surface area contributed by atoms with Crippen molar-refractivity contribution >= 4 is 17.6 Å². The number of nitrogens with zero attached hydrogens (tertiary/aromatic N) is 2. The van der Waals surface area contributed by atoms with Crippen LogP contribution in [0.3, 0.4) is 0 Å². The van der Waals surface area contributed by atoms with Crippen LogP contribution in [0.15, 0.2) is 11.2 Å². The minimum absolute atomic E-state index is 0.199. The van der Waals surface area contributed by atoms with Gasteiger partial charge in [0.15, 0.2) is 5.16 Å². The minimum Gasteiger partial charge on any atom is -0.471 e. The van der Waals surface area contributed by atoms with E-state index in [1.165, 1.54) is 11.8 Å². The molecule has 1 N–H and O–H groups in total. The monoisotopic (exact) mass is 241 g/mol. The van der Waals surface area contributed by atoms with Crippen molar-refractivity contribution in [1.29, 1.82) is 0 Å². The smallest absolute Gasteiger partial charge is 0.220 e. The van der Waals surface area contributed by atoms with E-state index in [2.05, 4.69) is 22.2 Å². The summed E-state index contributed by atoms with van der Waals surface area (Å²) in [6, 6.07) is 1.82. The molecule has 0 aromatic carbocycles. The van der Waals surface area contributed by atoms with E-state index in [4.69, 9.17) is 4.74 Å². The van der Waals surface area contributed by atoms with Gasteiger partial charge in [0.05, 0.1) is 0 Å². The maximum atomic E-state index is 5.83. The molecule has 16 heavy (non-hydrogen) atoms. The summed E-state index contributed by atoms with van der Waals surface area (Å²) in [5, 5.41) is 3.72. The lowest BCUT2D eigenvalue weighted by molar-refractivity contribution is 0.0979. The van der Waals surface area contributed by atoms with Gasteiger partial charge in [-0.15, -0.1) is 0 Å². The first-order valence-electron chi connectivity index (χ1n) is 5.30. The number of rotatable bonds is 5. The number of ether oxygens (including phenoxy) is 1. The number of hydrogen-bond donors (Lipinski definition) is 1. The molecule has 90 valence electrons. The average Bonchev–Trinajstić information content (AvgIpc) is 2.28. The van der Waals surface area contributed by atoms with Crippen molar-refractivity contribution in [1.82, 2.24) is 9.97 Å². The van der Waals surface area contributed by atoms with E-state index in [-0.39, 0.29) is 5.60 Å². The number of anilines is 1. The first kappa shape index (κ1) is 13.1. The lowest BCUT2D eigenvalue weighted by Crippen LogP contribution is -2.27. The van der Waals surface area contributed by atoms with Crippen molar-refractivity contribution in [2.24, 2.45) is 0 Å². The van der Waals surface area contributed by atoms with Gasteiger partial charge in [0.25, 0.3) is 0 Å². The molecule has 1 rings (SSSR count). The highest BCUT2D eigenvalue weighted by Crippen LogP contribution is 2.23. The summed E-state index contributed by atoms with van der Waals surface area (Å²) < 4.78 is 5.83. The molecule has 4 nitrogen and oxygen atoms in total. The van der Waals surface area contributed by atoms with E-state index >= 15 is 0 Å². The molecule has 0 aliphatic heterocycles. The van der Waals surface area contributed by atoms with E-state index in [1.54, 1.807) is 0 Å². The standard InChI is InChI=1S/C11H19N3OS/c1-6-11(2,3)15-9-7-8(12-4)13-10(14-9)16-5/h7H,6H2,1-5H3,(H,12,13,14). The number of thioether (sulfide) groups is 1. The average molecular weight is 241 g/mol. The fourth-order valence-corrected chi connectivity index (χ4v) is 1.40. The van der Waals surface area contributed by atoms with Crippen LogP contribution in [0.4, 0.5) is 5.82 Å². The lowest BCUT2D eigenvalue weighted by atomic mass is 10.1. The quantitative estimate of drug-likeness (QED) is 0.634. The lowest BCUT2D eigenvalue weighted by Gasteiger charge is -2.24. The summed E-state index contributed by atoms with van der Waals surface area (Å²) in [6.07, 6.45) is 2.88. The molecule has 0 unspecified atom stereocenters. The van der Waals surface area contributed by atoms with E-state index in [0.717, 1.165) is 12.2 Å². The van der Waals surface area contributed by atoms with Gasteiger partial charge in [-0.05, 0) is 26.5 Å². The Hall–Kier alpha value is -0.970. The highest BCUT2D eigenvalue weighted by atomic mass is 32.2. The van der Waals surface area contributed by atoms with Gasteiger partial charge in [-0.1, -0.05) is 18.7 Å². The zero-order chi connectivity index (χ0) is 12.2. The number of aromatic nitrogens is 2. The Morgan fingerprint density at radius 3 is 2.62 bits per heavy atom. The van der Waals surface area contributed by atoms with Crippen LogP contribution in [-0.2, 0) is 0 Å². The highest BCUT2D eigenvalue weighted by molar-refractivity contribution is 7.98. The van der Waals surface area contributed by atoms with Crippen molar-refractivity contribution in [2.45, 2.75) is 37.9 Å². The topological polar surface area (TPSA) is 47.0 Å².